The van der Waals surface area contributed by atoms with Gasteiger partial charge >= 0.3 is 0 Å². The van der Waals surface area contributed by atoms with Gasteiger partial charge in [-0.05, 0) is 37.1 Å². The van der Waals surface area contributed by atoms with E-state index < -0.39 is 6.04 Å². The monoisotopic (exact) mass is 326 g/mol. The molecule has 0 aliphatic carbocycles. The number of benzene rings is 1. The molecule has 122 valence electrons. The Bertz CT molecular complexity index is 505. The molecule has 1 aromatic rings. The zero-order chi connectivity index (χ0) is 16.7. The Morgan fingerprint density at radius 1 is 1.18 bits per heavy atom. The summed E-state index contributed by atoms with van der Waals surface area (Å²) in [6.45, 7) is 5.40. The average Bonchev–Trinajstić information content (AvgIpc) is 2.51. The first-order chi connectivity index (χ1) is 10.4. The Hall–Kier alpha value is -1.59. The molecule has 6 heteroatoms. The first kappa shape index (κ1) is 18.5. The van der Waals surface area contributed by atoms with Crippen molar-refractivity contribution in [2.75, 3.05) is 6.61 Å². The van der Waals surface area contributed by atoms with Crippen molar-refractivity contribution in [3.8, 4) is 0 Å². The van der Waals surface area contributed by atoms with Crippen LogP contribution in [0.3, 0.4) is 0 Å². The maximum Gasteiger partial charge on any atom is 0.251 e. The minimum Gasteiger partial charge on any atom is -0.394 e. The fourth-order valence-electron chi connectivity index (χ4n) is 1.91. The highest BCUT2D eigenvalue weighted by Crippen LogP contribution is 2.12. The van der Waals surface area contributed by atoms with E-state index in [1.165, 1.54) is 0 Å². The second kappa shape index (κ2) is 8.76. The third kappa shape index (κ3) is 5.31. The molecule has 0 radical (unpaired) electrons. The number of hydrogen-bond donors (Lipinski definition) is 3. The van der Waals surface area contributed by atoms with Gasteiger partial charge in [-0.15, -0.1) is 0 Å². The van der Waals surface area contributed by atoms with Gasteiger partial charge in [0, 0.05) is 16.6 Å². The number of hydrogen-bond acceptors (Lipinski definition) is 3. The van der Waals surface area contributed by atoms with E-state index >= 15 is 0 Å². The van der Waals surface area contributed by atoms with E-state index in [2.05, 4.69) is 10.6 Å². The zero-order valence-electron chi connectivity index (χ0n) is 13.1. The third-order valence-electron chi connectivity index (χ3n) is 3.55. The lowest BCUT2D eigenvalue weighted by atomic mass is 9.97. The summed E-state index contributed by atoms with van der Waals surface area (Å²) in [6, 6.07) is 5.47. The molecule has 22 heavy (non-hydrogen) atoms. The van der Waals surface area contributed by atoms with Gasteiger partial charge in [-0.2, -0.15) is 0 Å². The van der Waals surface area contributed by atoms with Crippen LogP contribution in [0.1, 0.15) is 37.6 Å². The second-order valence-electron chi connectivity index (χ2n) is 5.44. The van der Waals surface area contributed by atoms with E-state index in [-0.39, 0.29) is 30.4 Å². The van der Waals surface area contributed by atoms with Crippen molar-refractivity contribution in [3.63, 3.8) is 0 Å². The first-order valence-corrected chi connectivity index (χ1v) is 7.74. The van der Waals surface area contributed by atoms with E-state index in [0.717, 1.165) is 6.42 Å². The summed E-state index contributed by atoms with van der Waals surface area (Å²) in [5.74, 6) is -0.644. The summed E-state index contributed by atoms with van der Waals surface area (Å²) in [4.78, 5) is 24.5. The van der Waals surface area contributed by atoms with Crippen LogP contribution in [0.25, 0.3) is 0 Å². The van der Waals surface area contributed by atoms with Crippen LogP contribution in [0.5, 0.6) is 0 Å². The number of carbonyl (C=O) groups excluding carboxylic acids is 2. The highest BCUT2D eigenvalue weighted by atomic mass is 35.5. The molecule has 2 amide bonds. The van der Waals surface area contributed by atoms with Crippen LogP contribution in [0, 0.1) is 5.92 Å². The van der Waals surface area contributed by atoms with Crippen molar-refractivity contribution in [2.45, 2.75) is 39.3 Å². The number of carbonyl (C=O) groups is 2. The van der Waals surface area contributed by atoms with Crippen molar-refractivity contribution >= 4 is 23.4 Å². The summed E-state index contributed by atoms with van der Waals surface area (Å²) < 4.78 is 0. The molecular weight excluding hydrogens is 304 g/mol. The van der Waals surface area contributed by atoms with E-state index in [1.807, 2.05) is 13.8 Å². The van der Waals surface area contributed by atoms with Crippen LogP contribution in [0.2, 0.25) is 5.02 Å². The van der Waals surface area contributed by atoms with Gasteiger partial charge in [0.15, 0.2) is 0 Å². The molecule has 5 nitrogen and oxygen atoms in total. The van der Waals surface area contributed by atoms with Gasteiger partial charge in [0.05, 0.1) is 6.61 Å². The summed E-state index contributed by atoms with van der Waals surface area (Å²) in [5, 5.41) is 15.0. The molecule has 0 aliphatic rings. The smallest absolute Gasteiger partial charge is 0.251 e. The normalized spacial score (nSPS) is 14.8. The van der Waals surface area contributed by atoms with E-state index in [9.17, 15) is 9.59 Å². The summed E-state index contributed by atoms with van der Waals surface area (Å²) >= 11 is 5.80. The lowest BCUT2D eigenvalue weighted by Gasteiger charge is -2.25. The van der Waals surface area contributed by atoms with Gasteiger partial charge in [0.2, 0.25) is 5.91 Å². The van der Waals surface area contributed by atoms with Gasteiger partial charge in [0.1, 0.15) is 6.04 Å². The van der Waals surface area contributed by atoms with E-state index in [0.29, 0.717) is 10.6 Å². The standard InChI is InChI=1S/C16H23ClN2O3/c1-4-10(2)14(16(22)18-11(3)9-20)19-15(21)12-5-7-13(17)8-6-12/h5-8,10-11,14,20H,4,9H2,1-3H3,(H,18,22)(H,19,21). The van der Waals surface area contributed by atoms with Gasteiger partial charge in [-0.1, -0.05) is 31.9 Å². The van der Waals surface area contributed by atoms with Crippen LogP contribution in [0.15, 0.2) is 24.3 Å². The van der Waals surface area contributed by atoms with E-state index in [4.69, 9.17) is 16.7 Å². The van der Waals surface area contributed by atoms with Crippen LogP contribution >= 0.6 is 11.6 Å². The highest BCUT2D eigenvalue weighted by Gasteiger charge is 2.27. The molecule has 0 bridgehead atoms. The molecule has 1 aromatic carbocycles. The van der Waals surface area contributed by atoms with Crippen LogP contribution in [-0.4, -0.2) is 35.6 Å². The number of amides is 2. The molecule has 0 aromatic heterocycles. The van der Waals surface area contributed by atoms with Crippen molar-refractivity contribution in [1.29, 1.82) is 0 Å². The van der Waals surface area contributed by atoms with Gasteiger partial charge in [-0.25, -0.2) is 0 Å². The van der Waals surface area contributed by atoms with Gasteiger partial charge < -0.3 is 15.7 Å². The molecule has 0 spiro atoms. The van der Waals surface area contributed by atoms with Gasteiger partial charge in [-0.3, -0.25) is 9.59 Å². The molecule has 3 atom stereocenters. The molecule has 0 fully saturated rings. The topological polar surface area (TPSA) is 78.4 Å². The predicted molar refractivity (Wildman–Crippen MR) is 86.9 cm³/mol. The van der Waals surface area contributed by atoms with Crippen molar-refractivity contribution < 1.29 is 14.7 Å². The van der Waals surface area contributed by atoms with Crippen molar-refractivity contribution in [2.24, 2.45) is 5.92 Å². The summed E-state index contributed by atoms with van der Waals surface area (Å²) in [5.41, 5.74) is 0.445. The fraction of sp³-hybridized carbons (Fsp3) is 0.500. The van der Waals surface area contributed by atoms with Gasteiger partial charge in [0.25, 0.3) is 5.91 Å². The Morgan fingerprint density at radius 3 is 2.27 bits per heavy atom. The highest BCUT2D eigenvalue weighted by molar-refractivity contribution is 6.30. The Balaban J connectivity index is 2.82. The molecule has 3 unspecified atom stereocenters. The van der Waals surface area contributed by atoms with Crippen LogP contribution < -0.4 is 10.6 Å². The summed E-state index contributed by atoms with van der Waals surface area (Å²) in [7, 11) is 0. The largest absolute Gasteiger partial charge is 0.394 e. The Kier molecular flexibility index (Phi) is 7.35. The quantitative estimate of drug-likeness (QED) is 0.717. The lowest BCUT2D eigenvalue weighted by Crippen LogP contribution is -2.52. The maximum absolute atomic E-state index is 12.3. The molecule has 3 N–H and O–H groups in total. The minimum atomic E-state index is -0.651. The molecular formula is C16H23ClN2O3. The molecule has 0 saturated heterocycles. The lowest BCUT2D eigenvalue weighted by molar-refractivity contribution is -0.125. The Labute approximate surface area is 136 Å². The van der Waals surface area contributed by atoms with Crippen LogP contribution in [0.4, 0.5) is 0 Å². The molecule has 0 aliphatic heterocycles. The second-order valence-corrected chi connectivity index (χ2v) is 5.87. The summed E-state index contributed by atoms with van der Waals surface area (Å²) in [6.07, 6.45) is 0.743. The number of nitrogens with one attached hydrogen (secondary N) is 2. The number of rotatable bonds is 7. The molecule has 1 rings (SSSR count). The third-order valence-corrected chi connectivity index (χ3v) is 3.80. The number of aliphatic hydroxyl groups is 1. The van der Waals surface area contributed by atoms with Crippen LogP contribution in [-0.2, 0) is 4.79 Å². The van der Waals surface area contributed by atoms with E-state index in [1.54, 1.807) is 31.2 Å². The SMILES string of the molecule is CCC(C)C(NC(=O)c1ccc(Cl)cc1)C(=O)NC(C)CO. The predicted octanol–water partition coefficient (Wildman–Crippen LogP) is 1.98. The number of aliphatic hydroxyl groups excluding tert-OH is 1. The first-order valence-electron chi connectivity index (χ1n) is 7.36. The average molecular weight is 327 g/mol. The van der Waals surface area contributed by atoms with Crippen molar-refractivity contribution in [3.05, 3.63) is 34.9 Å². The molecule has 0 saturated carbocycles. The molecule has 0 heterocycles. The van der Waals surface area contributed by atoms with Crippen molar-refractivity contribution in [1.82, 2.24) is 10.6 Å². The fourth-order valence-corrected chi connectivity index (χ4v) is 2.03. The maximum atomic E-state index is 12.3. The number of halogens is 1. The minimum absolute atomic E-state index is 0.0258. The zero-order valence-corrected chi connectivity index (χ0v) is 13.9. The Morgan fingerprint density at radius 2 is 1.77 bits per heavy atom.